The summed E-state index contributed by atoms with van der Waals surface area (Å²) in [7, 11) is 4.08. The SMILES string of the molecule is CN(C)C(CN=C(NC#N)NCCc1ccc(O)cc1)Cc1ccccc1. The number of hydrogen-bond donors (Lipinski definition) is 3. The van der Waals surface area contributed by atoms with Crippen LogP contribution in [-0.2, 0) is 12.8 Å². The van der Waals surface area contributed by atoms with Gasteiger partial charge in [-0.3, -0.25) is 10.3 Å². The molecule has 0 aliphatic carbocycles. The van der Waals surface area contributed by atoms with Crippen molar-refractivity contribution in [2.24, 2.45) is 4.99 Å². The van der Waals surface area contributed by atoms with Crippen molar-refractivity contribution < 1.29 is 5.11 Å². The summed E-state index contributed by atoms with van der Waals surface area (Å²) in [4.78, 5) is 6.72. The van der Waals surface area contributed by atoms with Crippen LogP contribution in [0.25, 0.3) is 0 Å². The summed E-state index contributed by atoms with van der Waals surface area (Å²) in [5, 5.41) is 24.1. The number of nitrogens with zero attached hydrogens (tertiary/aromatic N) is 3. The van der Waals surface area contributed by atoms with Crippen molar-refractivity contribution in [1.82, 2.24) is 15.5 Å². The molecule has 0 bridgehead atoms. The summed E-state index contributed by atoms with van der Waals surface area (Å²) in [6, 6.07) is 17.7. The number of rotatable bonds is 8. The Morgan fingerprint density at radius 1 is 1.11 bits per heavy atom. The van der Waals surface area contributed by atoms with Gasteiger partial charge in [-0.2, -0.15) is 5.26 Å². The maximum atomic E-state index is 9.33. The summed E-state index contributed by atoms with van der Waals surface area (Å²) in [5.74, 6) is 0.740. The first-order valence-corrected chi connectivity index (χ1v) is 9.00. The van der Waals surface area contributed by atoms with Crippen LogP contribution in [0.1, 0.15) is 11.1 Å². The number of nitriles is 1. The van der Waals surface area contributed by atoms with E-state index >= 15 is 0 Å². The Morgan fingerprint density at radius 3 is 2.44 bits per heavy atom. The van der Waals surface area contributed by atoms with Crippen molar-refractivity contribution in [3.63, 3.8) is 0 Å². The van der Waals surface area contributed by atoms with Crippen molar-refractivity contribution in [3.8, 4) is 11.9 Å². The van der Waals surface area contributed by atoms with Crippen LogP contribution in [0, 0.1) is 11.5 Å². The third kappa shape index (κ3) is 7.38. The van der Waals surface area contributed by atoms with E-state index in [-0.39, 0.29) is 11.8 Å². The quantitative estimate of drug-likeness (QED) is 0.289. The first-order chi connectivity index (χ1) is 13.1. The van der Waals surface area contributed by atoms with Crippen molar-refractivity contribution in [2.45, 2.75) is 18.9 Å². The van der Waals surface area contributed by atoms with Crippen molar-refractivity contribution in [2.75, 3.05) is 27.2 Å². The van der Waals surface area contributed by atoms with Crippen LogP contribution in [0.2, 0.25) is 0 Å². The van der Waals surface area contributed by atoms with Crippen molar-refractivity contribution >= 4 is 5.96 Å². The lowest BCUT2D eigenvalue weighted by molar-refractivity contribution is 0.298. The molecule has 0 amide bonds. The van der Waals surface area contributed by atoms with Crippen molar-refractivity contribution in [1.29, 1.82) is 5.26 Å². The molecule has 3 N–H and O–H groups in total. The summed E-state index contributed by atoms with van der Waals surface area (Å²) < 4.78 is 0. The fraction of sp³-hybridized carbons (Fsp3) is 0.333. The topological polar surface area (TPSA) is 83.7 Å². The van der Waals surface area contributed by atoms with E-state index in [2.05, 4.69) is 32.7 Å². The Bertz CT molecular complexity index is 750. The highest BCUT2D eigenvalue weighted by atomic mass is 16.3. The molecule has 0 saturated carbocycles. The van der Waals surface area contributed by atoms with Gasteiger partial charge in [0.15, 0.2) is 6.19 Å². The van der Waals surface area contributed by atoms with Crippen LogP contribution >= 0.6 is 0 Å². The highest BCUT2D eigenvalue weighted by molar-refractivity contribution is 5.81. The zero-order valence-electron chi connectivity index (χ0n) is 15.9. The fourth-order valence-corrected chi connectivity index (χ4v) is 2.67. The molecule has 1 unspecified atom stereocenters. The Labute approximate surface area is 161 Å². The van der Waals surface area contributed by atoms with E-state index in [9.17, 15) is 5.11 Å². The van der Waals surface area contributed by atoms with Gasteiger partial charge in [-0.05, 0) is 50.2 Å². The smallest absolute Gasteiger partial charge is 0.204 e. The first kappa shape index (κ1) is 20.3. The van der Waals surface area contributed by atoms with E-state index in [4.69, 9.17) is 5.26 Å². The number of likely N-dealkylation sites (N-methyl/N-ethyl adjacent to an activating group) is 1. The van der Waals surface area contributed by atoms with Crippen molar-refractivity contribution in [3.05, 3.63) is 65.7 Å². The van der Waals surface area contributed by atoms with E-state index in [1.54, 1.807) is 12.1 Å². The van der Waals surface area contributed by atoms with Gasteiger partial charge in [0.25, 0.3) is 0 Å². The van der Waals surface area contributed by atoms with Gasteiger partial charge in [0.05, 0.1) is 6.54 Å². The standard InChI is InChI=1S/C21H27N5O/c1-26(2)19(14-18-6-4-3-5-7-18)15-24-21(25-16-22)23-13-12-17-8-10-20(27)11-9-17/h3-11,19,27H,12-15H2,1-2H3,(H2,23,24,25). The molecule has 2 rings (SSSR count). The molecular weight excluding hydrogens is 338 g/mol. The fourth-order valence-electron chi connectivity index (χ4n) is 2.67. The van der Waals surface area contributed by atoms with Gasteiger partial charge >= 0.3 is 0 Å². The van der Waals surface area contributed by atoms with Crippen LogP contribution in [0.4, 0.5) is 0 Å². The molecule has 142 valence electrons. The number of phenols is 1. The largest absolute Gasteiger partial charge is 0.508 e. The summed E-state index contributed by atoms with van der Waals surface area (Å²) in [6.07, 6.45) is 3.60. The molecule has 6 heteroatoms. The van der Waals surface area contributed by atoms with E-state index < -0.39 is 0 Å². The van der Waals surface area contributed by atoms with Gasteiger partial charge in [0.1, 0.15) is 5.75 Å². The molecule has 2 aromatic carbocycles. The number of aliphatic imine (C=N–C) groups is 1. The first-order valence-electron chi connectivity index (χ1n) is 9.00. The molecule has 1 atom stereocenters. The normalized spacial score (nSPS) is 12.4. The molecule has 0 saturated heterocycles. The molecule has 2 aromatic rings. The lowest BCUT2D eigenvalue weighted by Gasteiger charge is -2.23. The Balaban J connectivity index is 1.91. The molecule has 0 aliphatic rings. The van der Waals surface area contributed by atoms with Crippen LogP contribution < -0.4 is 10.6 Å². The van der Waals surface area contributed by atoms with Crippen LogP contribution in [0.5, 0.6) is 5.75 Å². The molecule has 0 aromatic heterocycles. The predicted octanol–water partition coefficient (Wildman–Crippen LogP) is 2.12. The highest BCUT2D eigenvalue weighted by Gasteiger charge is 2.12. The summed E-state index contributed by atoms with van der Waals surface area (Å²) in [6.45, 7) is 1.22. The van der Waals surface area contributed by atoms with Gasteiger partial charge in [-0.25, -0.2) is 0 Å². The second-order valence-corrected chi connectivity index (χ2v) is 6.58. The Morgan fingerprint density at radius 2 is 1.81 bits per heavy atom. The molecule has 0 spiro atoms. The summed E-state index contributed by atoms with van der Waals surface area (Å²) in [5.41, 5.74) is 2.37. The highest BCUT2D eigenvalue weighted by Crippen LogP contribution is 2.10. The van der Waals surface area contributed by atoms with Gasteiger partial charge in [0.2, 0.25) is 5.96 Å². The number of guanidine groups is 1. The average Bonchev–Trinajstić information content (AvgIpc) is 2.67. The van der Waals surface area contributed by atoms with Crippen LogP contribution in [-0.4, -0.2) is 49.2 Å². The Hall–Kier alpha value is -3.04. The van der Waals surface area contributed by atoms with E-state index in [1.165, 1.54) is 5.56 Å². The number of hydrogen-bond acceptors (Lipinski definition) is 4. The number of benzene rings is 2. The number of aromatic hydroxyl groups is 1. The van der Waals surface area contributed by atoms with Gasteiger partial charge in [0, 0.05) is 12.6 Å². The molecule has 0 fully saturated rings. The predicted molar refractivity (Wildman–Crippen MR) is 108 cm³/mol. The van der Waals surface area contributed by atoms with Gasteiger partial charge < -0.3 is 15.3 Å². The van der Waals surface area contributed by atoms with Gasteiger partial charge in [-0.15, -0.1) is 0 Å². The average molecular weight is 365 g/mol. The Kier molecular flexibility index (Phi) is 8.14. The molecule has 6 nitrogen and oxygen atoms in total. The molecule has 0 radical (unpaired) electrons. The molecular formula is C21H27N5O. The molecule has 0 heterocycles. The minimum Gasteiger partial charge on any atom is -0.508 e. The maximum absolute atomic E-state index is 9.33. The zero-order valence-corrected chi connectivity index (χ0v) is 15.9. The third-order valence-electron chi connectivity index (χ3n) is 4.32. The minimum absolute atomic E-state index is 0.238. The zero-order chi connectivity index (χ0) is 19.5. The molecule has 27 heavy (non-hydrogen) atoms. The van der Waals surface area contributed by atoms with Crippen LogP contribution in [0.3, 0.4) is 0 Å². The van der Waals surface area contributed by atoms with E-state index in [0.717, 1.165) is 18.4 Å². The lowest BCUT2D eigenvalue weighted by Crippen LogP contribution is -2.38. The van der Waals surface area contributed by atoms with Gasteiger partial charge in [-0.1, -0.05) is 42.5 Å². The second-order valence-electron chi connectivity index (χ2n) is 6.58. The number of phenolic OH excluding ortho intramolecular Hbond substituents is 1. The minimum atomic E-state index is 0.238. The van der Waals surface area contributed by atoms with E-state index in [1.807, 2.05) is 50.6 Å². The maximum Gasteiger partial charge on any atom is 0.204 e. The second kappa shape index (κ2) is 10.8. The molecule has 0 aliphatic heterocycles. The lowest BCUT2D eigenvalue weighted by atomic mass is 10.1. The monoisotopic (exact) mass is 365 g/mol. The number of nitrogens with one attached hydrogen (secondary N) is 2. The van der Waals surface area contributed by atoms with E-state index in [0.29, 0.717) is 19.0 Å². The summed E-state index contributed by atoms with van der Waals surface area (Å²) >= 11 is 0. The van der Waals surface area contributed by atoms with Crippen LogP contribution in [0.15, 0.2) is 59.6 Å². The third-order valence-corrected chi connectivity index (χ3v) is 4.32.